The topological polar surface area (TPSA) is 105 Å². The molecule has 32 heavy (non-hydrogen) atoms. The number of urea groups is 1. The van der Waals surface area contributed by atoms with Gasteiger partial charge in [0.05, 0.1) is 16.3 Å². The normalized spacial score (nSPS) is 11.0. The summed E-state index contributed by atoms with van der Waals surface area (Å²) in [5, 5.41) is 5.40. The number of pyridine rings is 1. The molecule has 9 heteroatoms. The maximum atomic E-state index is 12.9. The minimum absolute atomic E-state index is 0.0844. The van der Waals surface area contributed by atoms with Crippen molar-refractivity contribution in [3.05, 3.63) is 103 Å². The Hall–Kier alpha value is -4.11. The first-order valence-electron chi connectivity index (χ1n) is 9.80. The number of rotatable bonds is 7. The van der Waals surface area contributed by atoms with Crippen molar-refractivity contribution in [2.24, 2.45) is 0 Å². The highest BCUT2D eigenvalue weighted by molar-refractivity contribution is 7.92. The number of benzene rings is 2. The largest absolute Gasteiger partial charge is 0.334 e. The molecule has 3 N–H and O–H groups in total. The molecule has 0 saturated carbocycles. The number of para-hydroxylation sites is 2. The molecule has 0 aliphatic heterocycles. The van der Waals surface area contributed by atoms with Gasteiger partial charge in [-0.15, -0.1) is 0 Å². The predicted octanol–water partition coefficient (Wildman–Crippen LogP) is 3.99. The molecule has 0 spiro atoms. The monoisotopic (exact) mass is 447 g/mol. The molecule has 0 aliphatic rings. The van der Waals surface area contributed by atoms with Crippen molar-refractivity contribution in [3.8, 4) is 5.69 Å². The van der Waals surface area contributed by atoms with Crippen LogP contribution in [0.2, 0.25) is 0 Å². The van der Waals surface area contributed by atoms with E-state index in [1.165, 1.54) is 24.3 Å². The lowest BCUT2D eigenvalue weighted by Crippen LogP contribution is -2.28. The number of carbonyl (C=O) groups is 1. The van der Waals surface area contributed by atoms with Gasteiger partial charge in [0.25, 0.3) is 10.0 Å². The first-order valence-corrected chi connectivity index (χ1v) is 11.3. The molecule has 0 radical (unpaired) electrons. The Kier molecular flexibility index (Phi) is 6.18. The smallest absolute Gasteiger partial charge is 0.319 e. The van der Waals surface area contributed by atoms with Gasteiger partial charge in [-0.05, 0) is 60.2 Å². The van der Waals surface area contributed by atoms with Crippen molar-refractivity contribution in [1.82, 2.24) is 14.9 Å². The molecule has 2 heterocycles. The van der Waals surface area contributed by atoms with Crippen LogP contribution in [0.3, 0.4) is 0 Å². The number of anilines is 2. The van der Waals surface area contributed by atoms with Crippen molar-refractivity contribution < 1.29 is 13.2 Å². The van der Waals surface area contributed by atoms with E-state index in [9.17, 15) is 13.2 Å². The van der Waals surface area contributed by atoms with Gasteiger partial charge in [0.15, 0.2) is 0 Å². The molecule has 0 fully saturated rings. The second-order valence-electron chi connectivity index (χ2n) is 6.91. The van der Waals surface area contributed by atoms with Gasteiger partial charge < -0.3 is 15.2 Å². The highest BCUT2D eigenvalue weighted by Gasteiger charge is 2.16. The quantitative estimate of drug-likeness (QED) is 0.398. The van der Waals surface area contributed by atoms with Crippen molar-refractivity contribution in [2.75, 3.05) is 10.0 Å². The Morgan fingerprint density at radius 3 is 2.38 bits per heavy atom. The second kappa shape index (κ2) is 9.36. The van der Waals surface area contributed by atoms with Crippen LogP contribution in [0, 0.1) is 0 Å². The predicted molar refractivity (Wildman–Crippen MR) is 123 cm³/mol. The Bertz CT molecular complexity index is 1290. The van der Waals surface area contributed by atoms with Crippen molar-refractivity contribution in [3.63, 3.8) is 0 Å². The van der Waals surface area contributed by atoms with E-state index in [4.69, 9.17) is 0 Å². The highest BCUT2D eigenvalue weighted by Crippen LogP contribution is 2.24. The molecule has 0 unspecified atom stereocenters. The van der Waals surface area contributed by atoms with E-state index >= 15 is 0 Å². The Balaban J connectivity index is 1.42. The number of carbonyl (C=O) groups excluding carboxylic acids is 1. The fraction of sp³-hybridized carbons (Fsp3) is 0.0435. The van der Waals surface area contributed by atoms with Gasteiger partial charge >= 0.3 is 6.03 Å². The summed E-state index contributed by atoms with van der Waals surface area (Å²) in [6.45, 7) is 0.330. The molecule has 2 aromatic heterocycles. The summed E-state index contributed by atoms with van der Waals surface area (Å²) in [7, 11) is -3.82. The zero-order valence-corrected chi connectivity index (χ0v) is 17.8. The Morgan fingerprint density at radius 2 is 1.66 bits per heavy atom. The van der Waals surface area contributed by atoms with Crippen molar-refractivity contribution >= 4 is 27.4 Å². The van der Waals surface area contributed by atoms with E-state index in [0.29, 0.717) is 23.6 Å². The summed E-state index contributed by atoms with van der Waals surface area (Å²) in [6, 6.07) is 20.1. The van der Waals surface area contributed by atoms with Crippen molar-refractivity contribution in [1.29, 1.82) is 0 Å². The molecule has 162 valence electrons. The number of hydrogen-bond acceptors (Lipinski definition) is 4. The first kappa shape index (κ1) is 21.1. The molecule has 8 nitrogen and oxygen atoms in total. The maximum Gasteiger partial charge on any atom is 0.319 e. The van der Waals surface area contributed by atoms with E-state index < -0.39 is 16.1 Å². The number of nitrogens with one attached hydrogen (secondary N) is 3. The molecule has 4 aromatic rings. The van der Waals surface area contributed by atoms with Crippen LogP contribution in [0.15, 0.2) is 102 Å². The lowest BCUT2D eigenvalue weighted by Gasteiger charge is -2.14. The highest BCUT2D eigenvalue weighted by atomic mass is 32.2. The van der Waals surface area contributed by atoms with E-state index in [1.807, 2.05) is 47.3 Å². The molecular weight excluding hydrogens is 426 g/mol. The van der Waals surface area contributed by atoms with Crippen LogP contribution < -0.4 is 15.4 Å². The van der Waals surface area contributed by atoms with Gasteiger partial charge in [0.1, 0.15) is 0 Å². The molecule has 0 bridgehead atoms. The van der Waals surface area contributed by atoms with Crippen molar-refractivity contribution in [2.45, 2.75) is 11.4 Å². The van der Waals surface area contributed by atoms with Gasteiger partial charge in [0.2, 0.25) is 0 Å². The summed E-state index contributed by atoms with van der Waals surface area (Å²) in [5.74, 6) is 0. The first-order chi connectivity index (χ1) is 15.5. The fourth-order valence-electron chi connectivity index (χ4n) is 3.06. The summed E-state index contributed by atoms with van der Waals surface area (Å²) >= 11 is 0. The lowest BCUT2D eigenvalue weighted by atomic mass is 10.3. The van der Waals surface area contributed by atoms with Gasteiger partial charge in [-0.1, -0.05) is 18.2 Å². The van der Waals surface area contributed by atoms with E-state index in [0.717, 1.165) is 5.56 Å². The summed E-state index contributed by atoms with van der Waals surface area (Å²) < 4.78 is 30.2. The van der Waals surface area contributed by atoms with Crippen LogP contribution in [0.1, 0.15) is 5.56 Å². The number of sulfonamides is 1. The SMILES string of the molecule is O=C(NCc1cccnc1)Nc1ccc(S(=O)(=O)Nc2ccccc2-n2cccc2)cc1. The number of hydrogen-bond donors (Lipinski definition) is 3. The van der Waals surface area contributed by atoms with E-state index in [-0.39, 0.29) is 4.90 Å². The van der Waals surface area contributed by atoms with Crippen LogP contribution in [-0.4, -0.2) is 24.0 Å². The molecular formula is C23H21N5O3S. The summed E-state index contributed by atoms with van der Waals surface area (Å²) in [6.07, 6.45) is 7.01. The third kappa shape index (κ3) is 5.13. The molecule has 0 saturated heterocycles. The minimum atomic E-state index is -3.82. The lowest BCUT2D eigenvalue weighted by molar-refractivity contribution is 0.251. The molecule has 2 amide bonds. The van der Waals surface area contributed by atoms with Crippen LogP contribution >= 0.6 is 0 Å². The van der Waals surface area contributed by atoms with Crippen LogP contribution in [0.25, 0.3) is 5.69 Å². The van der Waals surface area contributed by atoms with Crippen LogP contribution in [-0.2, 0) is 16.6 Å². The number of nitrogens with zero attached hydrogens (tertiary/aromatic N) is 2. The van der Waals surface area contributed by atoms with E-state index in [1.54, 1.807) is 30.6 Å². The number of aromatic nitrogens is 2. The molecule has 2 aromatic carbocycles. The number of amides is 2. The molecule has 0 aliphatic carbocycles. The Morgan fingerprint density at radius 1 is 0.906 bits per heavy atom. The van der Waals surface area contributed by atoms with Gasteiger partial charge in [-0.25, -0.2) is 13.2 Å². The third-order valence-electron chi connectivity index (χ3n) is 4.63. The average Bonchev–Trinajstić information content (AvgIpc) is 3.34. The fourth-order valence-corrected chi connectivity index (χ4v) is 4.14. The van der Waals surface area contributed by atoms with Gasteiger partial charge in [0, 0.05) is 37.0 Å². The van der Waals surface area contributed by atoms with Gasteiger partial charge in [-0.3, -0.25) is 9.71 Å². The van der Waals surface area contributed by atoms with E-state index in [2.05, 4.69) is 20.3 Å². The van der Waals surface area contributed by atoms with Crippen LogP contribution in [0.5, 0.6) is 0 Å². The standard InChI is InChI=1S/C23H21N5O3S/c29-23(25-17-18-6-5-13-24-16-18)26-19-9-11-20(12-10-19)32(30,31)27-21-7-1-2-8-22(21)28-14-3-4-15-28/h1-16,27H,17H2,(H2,25,26,29). The summed E-state index contributed by atoms with van der Waals surface area (Å²) in [5.41, 5.74) is 2.51. The Labute approximate surface area is 186 Å². The second-order valence-corrected chi connectivity index (χ2v) is 8.59. The minimum Gasteiger partial charge on any atom is -0.334 e. The maximum absolute atomic E-state index is 12.9. The average molecular weight is 448 g/mol. The van der Waals surface area contributed by atoms with Gasteiger partial charge in [-0.2, -0.15) is 0 Å². The molecule has 4 rings (SSSR count). The third-order valence-corrected chi connectivity index (χ3v) is 6.01. The zero-order chi connectivity index (χ0) is 22.4. The summed E-state index contributed by atoms with van der Waals surface area (Å²) in [4.78, 5) is 16.2. The zero-order valence-electron chi connectivity index (χ0n) is 17.0. The molecule has 0 atom stereocenters. The van der Waals surface area contributed by atoms with Crippen LogP contribution in [0.4, 0.5) is 16.2 Å².